The normalized spacial score (nSPS) is 20.1. The second-order valence-corrected chi connectivity index (χ2v) is 11.0. The number of fused-ring (bicyclic) bond motifs is 2. The first kappa shape index (κ1) is 26.7. The zero-order valence-corrected chi connectivity index (χ0v) is 22.6. The fourth-order valence-corrected chi connectivity index (χ4v) is 6.21. The van der Waals surface area contributed by atoms with Crippen molar-refractivity contribution in [1.29, 1.82) is 0 Å². The molecule has 2 aromatic carbocycles. The molecular weight excluding hydrogens is 488 g/mol. The molecule has 204 valence electrons. The molecule has 3 N–H and O–H groups in total. The molecule has 0 saturated heterocycles. The van der Waals surface area contributed by atoms with E-state index in [1.807, 2.05) is 36.4 Å². The third kappa shape index (κ3) is 7.37. The number of esters is 1. The van der Waals surface area contributed by atoms with Gasteiger partial charge < -0.3 is 20.7 Å². The number of amides is 1. The molecule has 0 spiro atoms. The van der Waals surface area contributed by atoms with Crippen molar-refractivity contribution in [3.8, 4) is 0 Å². The van der Waals surface area contributed by atoms with E-state index in [1.165, 1.54) is 57.6 Å². The maximum Gasteiger partial charge on any atom is 0.341 e. The number of anilines is 4. The minimum atomic E-state index is -0.453. The number of nitrogens with zero attached hydrogens (tertiary/aromatic N) is 1. The summed E-state index contributed by atoms with van der Waals surface area (Å²) in [4.78, 5) is 28.7. The molecule has 2 atom stereocenters. The number of methoxy groups -OCH3 is 1. The van der Waals surface area contributed by atoms with Crippen LogP contribution in [0.3, 0.4) is 0 Å². The van der Waals surface area contributed by atoms with E-state index in [0.717, 1.165) is 41.2 Å². The number of aromatic nitrogens is 1. The van der Waals surface area contributed by atoms with Crippen LogP contribution in [0.5, 0.6) is 0 Å². The summed E-state index contributed by atoms with van der Waals surface area (Å²) in [5.74, 6) is 2.72. The van der Waals surface area contributed by atoms with E-state index in [0.29, 0.717) is 11.4 Å². The van der Waals surface area contributed by atoms with Crippen molar-refractivity contribution in [2.24, 2.45) is 17.8 Å². The number of hydrogen-bond donors (Lipinski definition) is 3. The van der Waals surface area contributed by atoms with Crippen LogP contribution in [0.4, 0.5) is 22.9 Å². The van der Waals surface area contributed by atoms with E-state index in [-0.39, 0.29) is 12.5 Å². The predicted molar refractivity (Wildman–Crippen MR) is 155 cm³/mol. The van der Waals surface area contributed by atoms with Crippen molar-refractivity contribution in [1.82, 2.24) is 4.98 Å². The molecule has 2 fully saturated rings. The molecule has 1 aromatic heterocycles. The van der Waals surface area contributed by atoms with Crippen LogP contribution in [-0.4, -0.2) is 30.5 Å². The number of hydrogen-bond acceptors (Lipinski definition) is 6. The van der Waals surface area contributed by atoms with E-state index in [2.05, 4.69) is 33.1 Å². The Morgan fingerprint density at radius 2 is 1.59 bits per heavy atom. The SMILES string of the molecule is COC(=O)c1cccnc1Nc1ccc(NCC(=O)Nc2ccc(CCC3CC4CCCC(C4)C3)cc2)cc1. The number of pyridine rings is 1. The summed E-state index contributed by atoms with van der Waals surface area (Å²) in [5.41, 5.74) is 4.10. The molecule has 0 aliphatic heterocycles. The third-order valence-electron chi connectivity index (χ3n) is 8.12. The van der Waals surface area contributed by atoms with Gasteiger partial charge in [0, 0.05) is 23.3 Å². The smallest absolute Gasteiger partial charge is 0.341 e. The Labute approximate surface area is 230 Å². The molecule has 1 heterocycles. The van der Waals surface area contributed by atoms with Crippen LogP contribution in [0.25, 0.3) is 0 Å². The summed E-state index contributed by atoms with van der Waals surface area (Å²) in [6, 6.07) is 19.1. The molecule has 7 nitrogen and oxygen atoms in total. The average Bonchev–Trinajstić information content (AvgIpc) is 2.96. The van der Waals surface area contributed by atoms with Gasteiger partial charge in [0.25, 0.3) is 0 Å². The zero-order chi connectivity index (χ0) is 27.0. The van der Waals surface area contributed by atoms with Gasteiger partial charge in [-0.25, -0.2) is 9.78 Å². The van der Waals surface area contributed by atoms with Crippen molar-refractivity contribution in [2.45, 2.75) is 51.4 Å². The van der Waals surface area contributed by atoms with Gasteiger partial charge in [0.15, 0.2) is 0 Å². The van der Waals surface area contributed by atoms with Crippen LogP contribution in [0.2, 0.25) is 0 Å². The molecule has 7 heteroatoms. The van der Waals surface area contributed by atoms with Gasteiger partial charge in [-0.3, -0.25) is 4.79 Å². The van der Waals surface area contributed by atoms with Crippen molar-refractivity contribution in [3.05, 3.63) is 78.0 Å². The van der Waals surface area contributed by atoms with Crippen LogP contribution in [0, 0.1) is 17.8 Å². The van der Waals surface area contributed by atoms with Crippen molar-refractivity contribution < 1.29 is 14.3 Å². The van der Waals surface area contributed by atoms with Crippen LogP contribution in [-0.2, 0) is 16.0 Å². The Morgan fingerprint density at radius 1 is 0.897 bits per heavy atom. The zero-order valence-electron chi connectivity index (χ0n) is 22.6. The van der Waals surface area contributed by atoms with Crippen LogP contribution >= 0.6 is 0 Å². The molecule has 0 radical (unpaired) electrons. The van der Waals surface area contributed by atoms with E-state index >= 15 is 0 Å². The van der Waals surface area contributed by atoms with E-state index in [1.54, 1.807) is 18.3 Å². The monoisotopic (exact) mass is 526 g/mol. The lowest BCUT2D eigenvalue weighted by Crippen LogP contribution is -2.27. The van der Waals surface area contributed by atoms with E-state index in [9.17, 15) is 9.59 Å². The summed E-state index contributed by atoms with van der Waals surface area (Å²) in [7, 11) is 1.34. The number of rotatable bonds is 10. The summed E-state index contributed by atoms with van der Waals surface area (Å²) in [5, 5.41) is 9.26. The van der Waals surface area contributed by atoms with Gasteiger partial charge in [0.1, 0.15) is 11.4 Å². The number of ether oxygens (including phenoxy) is 1. The molecule has 2 aliphatic carbocycles. The number of carbonyl (C=O) groups is 2. The number of nitrogens with one attached hydrogen (secondary N) is 3. The fourth-order valence-electron chi connectivity index (χ4n) is 6.21. The van der Waals surface area contributed by atoms with Gasteiger partial charge in [-0.2, -0.15) is 0 Å². The average molecular weight is 527 g/mol. The number of carbonyl (C=O) groups excluding carboxylic acids is 2. The number of benzene rings is 2. The second kappa shape index (κ2) is 12.8. The molecule has 5 rings (SSSR count). The Bertz CT molecular complexity index is 1250. The maximum atomic E-state index is 12.5. The third-order valence-corrected chi connectivity index (χ3v) is 8.12. The molecule has 1 amide bonds. The van der Waals surface area contributed by atoms with Gasteiger partial charge in [0.05, 0.1) is 13.7 Å². The molecule has 2 aliphatic rings. The Kier molecular flexibility index (Phi) is 8.76. The highest BCUT2D eigenvalue weighted by Crippen LogP contribution is 2.43. The predicted octanol–water partition coefficient (Wildman–Crippen LogP) is 6.81. The van der Waals surface area contributed by atoms with Crippen molar-refractivity contribution in [3.63, 3.8) is 0 Å². The maximum absolute atomic E-state index is 12.5. The van der Waals surface area contributed by atoms with Crippen molar-refractivity contribution >= 4 is 34.8 Å². The minimum absolute atomic E-state index is 0.102. The highest BCUT2D eigenvalue weighted by Gasteiger charge is 2.31. The Balaban J connectivity index is 1.05. The first-order valence-electron chi connectivity index (χ1n) is 14.1. The van der Waals surface area contributed by atoms with Gasteiger partial charge >= 0.3 is 5.97 Å². The number of aryl methyl sites for hydroxylation is 1. The lowest BCUT2D eigenvalue weighted by atomic mass is 9.67. The molecule has 2 unspecified atom stereocenters. The van der Waals surface area contributed by atoms with Crippen LogP contribution in [0.15, 0.2) is 66.9 Å². The topological polar surface area (TPSA) is 92.3 Å². The standard InChI is InChI=1S/C32H38N4O3/c1-39-32(38)29-6-3-17-33-31(29)36-28-15-13-26(14-16-28)34-21-30(37)35-27-11-9-22(10-12-27)7-8-25-19-23-4-2-5-24(18-23)20-25/h3,6,9-17,23-25,34H,2,4-5,7-8,18-21H2,1H3,(H,33,36)(H,35,37). The first-order chi connectivity index (χ1) is 19.1. The van der Waals surface area contributed by atoms with Gasteiger partial charge in [-0.15, -0.1) is 0 Å². The Hall–Kier alpha value is -3.87. The van der Waals surface area contributed by atoms with Crippen LogP contribution in [0.1, 0.15) is 60.9 Å². The highest BCUT2D eigenvalue weighted by atomic mass is 16.5. The fraction of sp³-hybridized carbons (Fsp3) is 0.406. The lowest BCUT2D eigenvalue weighted by Gasteiger charge is -2.39. The minimum Gasteiger partial charge on any atom is -0.465 e. The molecule has 2 saturated carbocycles. The summed E-state index contributed by atoms with van der Waals surface area (Å²) in [6.45, 7) is 0.158. The van der Waals surface area contributed by atoms with Crippen LogP contribution < -0.4 is 16.0 Å². The first-order valence-corrected chi connectivity index (χ1v) is 14.1. The molecule has 39 heavy (non-hydrogen) atoms. The largest absolute Gasteiger partial charge is 0.465 e. The van der Waals surface area contributed by atoms with Gasteiger partial charge in [-0.1, -0.05) is 31.4 Å². The second-order valence-electron chi connectivity index (χ2n) is 11.0. The summed E-state index contributed by atoms with van der Waals surface area (Å²) < 4.78 is 4.81. The van der Waals surface area contributed by atoms with Crippen molar-refractivity contribution in [2.75, 3.05) is 29.6 Å². The quantitative estimate of drug-likeness (QED) is 0.251. The van der Waals surface area contributed by atoms with E-state index < -0.39 is 5.97 Å². The molecule has 2 bridgehead atoms. The summed E-state index contributed by atoms with van der Waals surface area (Å²) in [6.07, 6.45) is 12.7. The molecular formula is C32H38N4O3. The van der Waals surface area contributed by atoms with Gasteiger partial charge in [0.2, 0.25) is 5.91 Å². The van der Waals surface area contributed by atoms with E-state index in [4.69, 9.17) is 4.74 Å². The van der Waals surface area contributed by atoms with Gasteiger partial charge in [-0.05, 0) is 104 Å². The Morgan fingerprint density at radius 3 is 2.31 bits per heavy atom. The highest BCUT2D eigenvalue weighted by molar-refractivity contribution is 5.95. The lowest BCUT2D eigenvalue weighted by molar-refractivity contribution is -0.114. The molecule has 3 aromatic rings. The summed E-state index contributed by atoms with van der Waals surface area (Å²) >= 11 is 0.